The van der Waals surface area contributed by atoms with E-state index in [4.69, 9.17) is 9.84 Å². The summed E-state index contributed by atoms with van der Waals surface area (Å²) in [5, 5.41) is 12.4. The van der Waals surface area contributed by atoms with E-state index in [0.717, 1.165) is 13.0 Å². The molecule has 0 saturated carbocycles. The summed E-state index contributed by atoms with van der Waals surface area (Å²) < 4.78 is 5.22. The number of aliphatic hydroxyl groups is 1. The Balaban J connectivity index is 2.43. The Hall–Kier alpha value is -0.900. The van der Waals surface area contributed by atoms with Gasteiger partial charge in [-0.2, -0.15) is 0 Å². The molecule has 0 fully saturated rings. The minimum atomic E-state index is 0.220. The number of hydrogen-bond acceptors (Lipinski definition) is 3. The number of rotatable bonds is 8. The molecule has 0 saturated heterocycles. The molecule has 0 radical (unpaired) electrons. The number of nitrogens with one attached hydrogen (secondary N) is 1. The van der Waals surface area contributed by atoms with E-state index in [1.165, 1.54) is 5.56 Å². The standard InChI is InChI=1S/C14H23NO2/c1-12(10-16)9-15-14(11-17-2)8-13-6-4-3-5-7-13/h3-7,12,14-16H,8-11H2,1-2H3. The summed E-state index contributed by atoms with van der Waals surface area (Å²) in [7, 11) is 1.72. The van der Waals surface area contributed by atoms with Crippen LogP contribution in [0.5, 0.6) is 0 Å². The molecule has 1 aromatic rings. The summed E-state index contributed by atoms with van der Waals surface area (Å²) in [5.41, 5.74) is 1.30. The molecule has 0 heterocycles. The normalized spacial score (nSPS) is 14.5. The molecule has 2 N–H and O–H groups in total. The van der Waals surface area contributed by atoms with Crippen LogP contribution in [-0.4, -0.2) is 38.0 Å². The van der Waals surface area contributed by atoms with Gasteiger partial charge in [-0.05, 0) is 17.9 Å². The van der Waals surface area contributed by atoms with E-state index >= 15 is 0 Å². The van der Waals surface area contributed by atoms with Crippen molar-refractivity contribution in [1.29, 1.82) is 0 Å². The van der Waals surface area contributed by atoms with Gasteiger partial charge in [0.15, 0.2) is 0 Å². The van der Waals surface area contributed by atoms with E-state index in [2.05, 4.69) is 29.6 Å². The lowest BCUT2D eigenvalue weighted by atomic mass is 10.1. The first-order valence-corrected chi connectivity index (χ1v) is 6.13. The van der Waals surface area contributed by atoms with E-state index in [0.29, 0.717) is 12.6 Å². The van der Waals surface area contributed by atoms with E-state index in [-0.39, 0.29) is 12.5 Å². The molecule has 17 heavy (non-hydrogen) atoms. The maximum absolute atomic E-state index is 9.00. The topological polar surface area (TPSA) is 41.5 Å². The number of benzene rings is 1. The van der Waals surface area contributed by atoms with Crippen LogP contribution in [0.2, 0.25) is 0 Å². The van der Waals surface area contributed by atoms with Crippen LogP contribution >= 0.6 is 0 Å². The molecule has 0 spiro atoms. The van der Waals surface area contributed by atoms with Gasteiger partial charge in [0.2, 0.25) is 0 Å². The monoisotopic (exact) mass is 237 g/mol. The van der Waals surface area contributed by atoms with Crippen LogP contribution in [0.15, 0.2) is 30.3 Å². The molecule has 1 aromatic carbocycles. The first-order valence-electron chi connectivity index (χ1n) is 6.13. The quantitative estimate of drug-likeness (QED) is 0.719. The van der Waals surface area contributed by atoms with Crippen molar-refractivity contribution in [3.63, 3.8) is 0 Å². The molecule has 3 nitrogen and oxygen atoms in total. The molecule has 2 atom stereocenters. The van der Waals surface area contributed by atoms with Crippen molar-refractivity contribution >= 4 is 0 Å². The zero-order valence-electron chi connectivity index (χ0n) is 10.7. The van der Waals surface area contributed by atoms with Crippen molar-refractivity contribution in [3.8, 4) is 0 Å². The summed E-state index contributed by atoms with van der Waals surface area (Å²) in [6.45, 7) is 3.75. The third-order valence-corrected chi connectivity index (χ3v) is 2.76. The van der Waals surface area contributed by atoms with Crippen LogP contribution in [0, 0.1) is 5.92 Å². The second-order valence-corrected chi connectivity index (χ2v) is 4.54. The van der Waals surface area contributed by atoms with Gasteiger partial charge >= 0.3 is 0 Å². The van der Waals surface area contributed by atoms with Gasteiger partial charge < -0.3 is 15.2 Å². The van der Waals surface area contributed by atoms with Crippen molar-refractivity contribution in [2.24, 2.45) is 5.92 Å². The minimum Gasteiger partial charge on any atom is -0.396 e. The van der Waals surface area contributed by atoms with Crippen molar-refractivity contribution < 1.29 is 9.84 Å². The van der Waals surface area contributed by atoms with Crippen LogP contribution < -0.4 is 5.32 Å². The molecule has 1 rings (SSSR count). The predicted molar refractivity (Wildman–Crippen MR) is 70.1 cm³/mol. The molecule has 0 aliphatic rings. The van der Waals surface area contributed by atoms with Crippen molar-refractivity contribution in [2.75, 3.05) is 26.9 Å². The van der Waals surface area contributed by atoms with Gasteiger partial charge in [-0.3, -0.25) is 0 Å². The second-order valence-electron chi connectivity index (χ2n) is 4.54. The Kier molecular flexibility index (Phi) is 6.86. The fourth-order valence-electron chi connectivity index (χ4n) is 1.72. The van der Waals surface area contributed by atoms with Gasteiger partial charge in [0, 0.05) is 26.3 Å². The first-order chi connectivity index (χ1) is 8.26. The Bertz CT molecular complexity index is 290. The fraction of sp³-hybridized carbons (Fsp3) is 0.571. The molecule has 0 aromatic heterocycles. The van der Waals surface area contributed by atoms with Crippen LogP contribution in [0.4, 0.5) is 0 Å². The van der Waals surface area contributed by atoms with Crippen molar-refractivity contribution in [2.45, 2.75) is 19.4 Å². The zero-order valence-corrected chi connectivity index (χ0v) is 10.7. The maximum atomic E-state index is 9.00. The van der Waals surface area contributed by atoms with Gasteiger partial charge in [0.05, 0.1) is 6.61 Å². The Labute approximate surface area is 104 Å². The Morgan fingerprint density at radius 3 is 2.59 bits per heavy atom. The summed E-state index contributed by atoms with van der Waals surface area (Å²) >= 11 is 0. The van der Waals surface area contributed by atoms with E-state index < -0.39 is 0 Å². The maximum Gasteiger partial charge on any atom is 0.0619 e. The van der Waals surface area contributed by atoms with E-state index in [1.54, 1.807) is 7.11 Å². The molecular weight excluding hydrogens is 214 g/mol. The second kappa shape index (κ2) is 8.23. The number of methoxy groups -OCH3 is 1. The van der Waals surface area contributed by atoms with Crippen molar-refractivity contribution in [3.05, 3.63) is 35.9 Å². The molecule has 0 aliphatic carbocycles. The number of aliphatic hydroxyl groups excluding tert-OH is 1. The molecule has 0 aliphatic heterocycles. The highest BCUT2D eigenvalue weighted by Crippen LogP contribution is 2.04. The lowest BCUT2D eigenvalue weighted by Crippen LogP contribution is -2.38. The number of ether oxygens (including phenoxy) is 1. The highest BCUT2D eigenvalue weighted by atomic mass is 16.5. The summed E-state index contributed by atoms with van der Waals surface area (Å²) in [4.78, 5) is 0. The van der Waals surface area contributed by atoms with Crippen molar-refractivity contribution in [1.82, 2.24) is 5.32 Å². The fourth-order valence-corrected chi connectivity index (χ4v) is 1.72. The highest BCUT2D eigenvalue weighted by Gasteiger charge is 2.10. The van der Waals surface area contributed by atoms with E-state index in [9.17, 15) is 0 Å². The van der Waals surface area contributed by atoms with Gasteiger partial charge in [-0.15, -0.1) is 0 Å². The average molecular weight is 237 g/mol. The molecule has 96 valence electrons. The molecule has 0 amide bonds. The zero-order chi connectivity index (χ0) is 12.5. The Morgan fingerprint density at radius 1 is 1.29 bits per heavy atom. The third-order valence-electron chi connectivity index (χ3n) is 2.76. The van der Waals surface area contributed by atoms with Gasteiger partial charge in [-0.25, -0.2) is 0 Å². The largest absolute Gasteiger partial charge is 0.396 e. The summed E-state index contributed by atoms with van der Waals surface area (Å²) in [6.07, 6.45) is 0.951. The lowest BCUT2D eigenvalue weighted by Gasteiger charge is -2.20. The van der Waals surface area contributed by atoms with Crippen LogP contribution in [0.1, 0.15) is 12.5 Å². The molecule has 2 unspecified atom stereocenters. The average Bonchev–Trinajstić information content (AvgIpc) is 2.37. The van der Waals surface area contributed by atoms with Crippen LogP contribution in [0.25, 0.3) is 0 Å². The van der Waals surface area contributed by atoms with Crippen LogP contribution in [0.3, 0.4) is 0 Å². The van der Waals surface area contributed by atoms with Gasteiger partial charge in [0.25, 0.3) is 0 Å². The molecule has 0 bridgehead atoms. The van der Waals surface area contributed by atoms with Gasteiger partial charge in [0.1, 0.15) is 0 Å². The lowest BCUT2D eigenvalue weighted by molar-refractivity contribution is 0.158. The summed E-state index contributed by atoms with van der Waals surface area (Å²) in [6, 6.07) is 10.7. The smallest absolute Gasteiger partial charge is 0.0619 e. The Morgan fingerprint density at radius 2 is 2.00 bits per heavy atom. The SMILES string of the molecule is COCC(Cc1ccccc1)NCC(C)CO. The summed E-state index contributed by atoms with van der Waals surface area (Å²) in [5.74, 6) is 0.283. The van der Waals surface area contributed by atoms with Gasteiger partial charge in [-0.1, -0.05) is 37.3 Å². The first kappa shape index (κ1) is 14.2. The van der Waals surface area contributed by atoms with Crippen LogP contribution in [-0.2, 0) is 11.2 Å². The highest BCUT2D eigenvalue weighted by molar-refractivity contribution is 5.15. The third kappa shape index (κ3) is 5.82. The van der Waals surface area contributed by atoms with E-state index in [1.807, 2.05) is 13.0 Å². The molecule has 3 heteroatoms. The number of hydrogen-bond donors (Lipinski definition) is 2. The molecular formula is C14H23NO2. The predicted octanol–water partition coefficient (Wildman–Crippen LogP) is 1.46. The minimum absolute atomic E-state index is 0.220.